The average Bonchev–Trinajstić information content (AvgIpc) is 3.26. The van der Waals surface area contributed by atoms with Gasteiger partial charge in [0.1, 0.15) is 34.7 Å². The van der Waals surface area contributed by atoms with Gasteiger partial charge >= 0.3 is 0 Å². The van der Waals surface area contributed by atoms with Gasteiger partial charge < -0.3 is 15.4 Å². The first kappa shape index (κ1) is 22.2. The number of hydrogen-bond donors (Lipinski definition) is 1. The molecule has 174 valence electrons. The van der Waals surface area contributed by atoms with Crippen molar-refractivity contribution >= 4 is 34.4 Å². The van der Waals surface area contributed by atoms with Crippen LogP contribution in [0.3, 0.4) is 0 Å². The Hall–Kier alpha value is -3.65. The lowest BCUT2D eigenvalue weighted by molar-refractivity contribution is -0.132. The van der Waals surface area contributed by atoms with E-state index < -0.39 is 5.38 Å². The topological polar surface area (TPSA) is 99.2 Å². The summed E-state index contributed by atoms with van der Waals surface area (Å²) in [6.07, 6.45) is 3.19. The molecule has 1 fully saturated rings. The third-order valence-electron chi connectivity index (χ3n) is 6.02. The molecule has 3 heterocycles. The van der Waals surface area contributed by atoms with Gasteiger partial charge in [0.25, 0.3) is 0 Å². The molecule has 2 aromatic heterocycles. The monoisotopic (exact) mass is 476 g/mol. The van der Waals surface area contributed by atoms with E-state index in [2.05, 4.69) is 9.97 Å². The number of aromatic nitrogens is 4. The van der Waals surface area contributed by atoms with E-state index in [9.17, 15) is 4.79 Å². The highest BCUT2D eigenvalue weighted by Gasteiger charge is 2.30. The van der Waals surface area contributed by atoms with E-state index in [4.69, 9.17) is 27.2 Å². The lowest BCUT2D eigenvalue weighted by Crippen LogP contribution is -2.43. The second-order valence-corrected chi connectivity index (χ2v) is 9.04. The highest BCUT2D eigenvalue weighted by atomic mass is 35.5. The van der Waals surface area contributed by atoms with Crippen LogP contribution in [0.25, 0.3) is 22.3 Å². The number of anilines is 1. The summed E-state index contributed by atoms with van der Waals surface area (Å²) < 4.78 is 7.80. The predicted octanol–water partition coefficient (Wildman–Crippen LogP) is 4.66. The number of rotatable bonds is 5. The van der Waals surface area contributed by atoms with Gasteiger partial charge in [0.2, 0.25) is 5.91 Å². The standard InChI is InChI=1S/C25H25ClN6O2/c1-16(26)25(33)31-13-5-6-18(14-31)32-24-21(23(27)28-15-29-24)22(30-32)17-9-11-20(12-10-17)34-19-7-3-2-4-8-19/h2-4,7-12,15-16,18H,5-6,13-14H2,1H3,(H2,27,28,29)/t16?,18-/m1/s1. The van der Waals surface area contributed by atoms with Crippen molar-refractivity contribution in [2.24, 2.45) is 0 Å². The average molecular weight is 477 g/mol. The Morgan fingerprint density at radius 2 is 1.85 bits per heavy atom. The number of benzene rings is 2. The first-order valence-corrected chi connectivity index (χ1v) is 11.7. The minimum Gasteiger partial charge on any atom is -0.457 e. The second-order valence-electron chi connectivity index (χ2n) is 8.39. The summed E-state index contributed by atoms with van der Waals surface area (Å²) in [5.41, 5.74) is 8.51. The zero-order chi connectivity index (χ0) is 23.7. The molecule has 1 saturated heterocycles. The van der Waals surface area contributed by atoms with Crippen molar-refractivity contribution in [1.82, 2.24) is 24.6 Å². The van der Waals surface area contributed by atoms with E-state index in [-0.39, 0.29) is 11.9 Å². The number of piperidine rings is 1. The van der Waals surface area contributed by atoms with Gasteiger partial charge in [-0.15, -0.1) is 11.6 Å². The number of likely N-dealkylation sites (tertiary alicyclic amines) is 1. The fraction of sp³-hybridized carbons (Fsp3) is 0.280. The molecule has 2 aromatic carbocycles. The SMILES string of the molecule is CC(Cl)C(=O)N1CCC[C@@H](n2nc(-c3ccc(Oc4ccccc4)cc3)c3c(N)ncnc32)C1. The van der Waals surface area contributed by atoms with E-state index in [1.54, 1.807) is 11.8 Å². The molecule has 1 amide bonds. The number of para-hydroxylation sites is 1. The maximum Gasteiger partial charge on any atom is 0.240 e. The maximum absolute atomic E-state index is 12.5. The summed E-state index contributed by atoms with van der Waals surface area (Å²) in [5, 5.41) is 5.06. The summed E-state index contributed by atoms with van der Waals surface area (Å²) in [7, 11) is 0. The first-order chi connectivity index (χ1) is 16.5. The van der Waals surface area contributed by atoms with Gasteiger partial charge in [0, 0.05) is 18.7 Å². The Labute approximate surface area is 202 Å². The molecule has 0 saturated carbocycles. The summed E-state index contributed by atoms with van der Waals surface area (Å²) in [4.78, 5) is 23.0. The molecule has 1 aliphatic heterocycles. The van der Waals surface area contributed by atoms with Crippen molar-refractivity contribution in [3.63, 3.8) is 0 Å². The summed E-state index contributed by atoms with van der Waals surface area (Å²) in [6, 6.07) is 17.3. The summed E-state index contributed by atoms with van der Waals surface area (Å²) in [5.74, 6) is 1.80. The molecule has 34 heavy (non-hydrogen) atoms. The van der Waals surface area contributed by atoms with Crippen molar-refractivity contribution < 1.29 is 9.53 Å². The van der Waals surface area contributed by atoms with Crippen LogP contribution in [0, 0.1) is 0 Å². The fourth-order valence-corrected chi connectivity index (χ4v) is 4.50. The van der Waals surface area contributed by atoms with Crippen LogP contribution in [0.1, 0.15) is 25.8 Å². The number of carbonyl (C=O) groups is 1. The molecule has 2 atom stereocenters. The number of carbonyl (C=O) groups excluding carboxylic acids is 1. The molecule has 0 bridgehead atoms. The zero-order valence-corrected chi connectivity index (χ0v) is 19.5. The number of nitrogen functional groups attached to an aromatic ring is 1. The Balaban J connectivity index is 1.49. The minimum atomic E-state index is -0.557. The van der Waals surface area contributed by atoms with Gasteiger partial charge in [-0.25, -0.2) is 14.6 Å². The Bertz CT molecular complexity index is 1310. The number of alkyl halides is 1. The highest BCUT2D eigenvalue weighted by Crippen LogP contribution is 2.35. The highest BCUT2D eigenvalue weighted by molar-refractivity contribution is 6.30. The van der Waals surface area contributed by atoms with Gasteiger partial charge in [-0.3, -0.25) is 4.79 Å². The molecular formula is C25H25ClN6O2. The van der Waals surface area contributed by atoms with Crippen molar-refractivity contribution in [3.8, 4) is 22.8 Å². The van der Waals surface area contributed by atoms with Gasteiger partial charge in [0.15, 0.2) is 5.65 Å². The maximum atomic E-state index is 12.5. The Morgan fingerprint density at radius 1 is 1.12 bits per heavy atom. The number of amides is 1. The molecule has 8 nitrogen and oxygen atoms in total. The normalized spacial score (nSPS) is 17.0. The van der Waals surface area contributed by atoms with E-state index >= 15 is 0 Å². The van der Waals surface area contributed by atoms with E-state index in [1.165, 1.54) is 6.33 Å². The predicted molar refractivity (Wildman–Crippen MR) is 132 cm³/mol. The Kier molecular flexibility index (Phi) is 6.06. The van der Waals surface area contributed by atoms with E-state index in [0.717, 1.165) is 29.9 Å². The fourth-order valence-electron chi connectivity index (χ4n) is 4.36. The molecule has 5 rings (SSSR count). The van der Waals surface area contributed by atoms with Crippen LogP contribution in [0.15, 0.2) is 60.9 Å². The number of hydrogen-bond acceptors (Lipinski definition) is 6. The smallest absolute Gasteiger partial charge is 0.240 e. The molecule has 1 unspecified atom stereocenters. The number of nitrogens with zero attached hydrogens (tertiary/aromatic N) is 5. The number of fused-ring (bicyclic) bond motifs is 1. The van der Waals surface area contributed by atoms with Crippen LogP contribution in [-0.4, -0.2) is 49.0 Å². The molecule has 0 spiro atoms. The summed E-state index contributed by atoms with van der Waals surface area (Å²) >= 11 is 6.06. The van der Waals surface area contributed by atoms with Crippen LogP contribution < -0.4 is 10.5 Å². The van der Waals surface area contributed by atoms with E-state index in [0.29, 0.717) is 35.6 Å². The molecule has 4 aromatic rings. The quantitative estimate of drug-likeness (QED) is 0.420. The van der Waals surface area contributed by atoms with Gasteiger partial charge in [-0.2, -0.15) is 5.10 Å². The summed E-state index contributed by atoms with van der Waals surface area (Å²) in [6.45, 7) is 2.92. The second kappa shape index (κ2) is 9.30. The van der Waals surface area contributed by atoms with Crippen molar-refractivity contribution in [2.45, 2.75) is 31.2 Å². The minimum absolute atomic E-state index is 0.0284. The number of halogens is 1. The molecule has 9 heteroatoms. The van der Waals surface area contributed by atoms with Crippen LogP contribution in [-0.2, 0) is 4.79 Å². The molecule has 1 aliphatic rings. The number of ether oxygens (including phenoxy) is 1. The largest absolute Gasteiger partial charge is 0.457 e. The van der Waals surface area contributed by atoms with Crippen LogP contribution in [0.2, 0.25) is 0 Å². The van der Waals surface area contributed by atoms with Crippen LogP contribution in [0.5, 0.6) is 11.5 Å². The van der Waals surface area contributed by atoms with Gasteiger partial charge in [0.05, 0.1) is 11.4 Å². The third-order valence-corrected chi connectivity index (χ3v) is 6.21. The molecular weight excluding hydrogens is 452 g/mol. The Morgan fingerprint density at radius 3 is 2.59 bits per heavy atom. The zero-order valence-electron chi connectivity index (χ0n) is 18.8. The third kappa shape index (κ3) is 4.28. The van der Waals surface area contributed by atoms with Crippen molar-refractivity contribution in [3.05, 3.63) is 60.9 Å². The number of nitrogens with two attached hydrogens (primary N) is 1. The first-order valence-electron chi connectivity index (χ1n) is 11.3. The molecule has 0 radical (unpaired) electrons. The van der Waals surface area contributed by atoms with Crippen LogP contribution >= 0.6 is 11.6 Å². The van der Waals surface area contributed by atoms with Crippen molar-refractivity contribution in [1.29, 1.82) is 0 Å². The molecule has 0 aliphatic carbocycles. The van der Waals surface area contributed by atoms with Crippen LogP contribution in [0.4, 0.5) is 5.82 Å². The van der Waals surface area contributed by atoms with Crippen molar-refractivity contribution in [2.75, 3.05) is 18.8 Å². The van der Waals surface area contributed by atoms with E-state index in [1.807, 2.05) is 59.3 Å². The lowest BCUT2D eigenvalue weighted by atomic mass is 10.1. The lowest BCUT2D eigenvalue weighted by Gasteiger charge is -2.33. The molecule has 2 N–H and O–H groups in total. The van der Waals surface area contributed by atoms with Gasteiger partial charge in [-0.1, -0.05) is 18.2 Å². The van der Waals surface area contributed by atoms with Gasteiger partial charge in [-0.05, 0) is 56.2 Å².